The van der Waals surface area contributed by atoms with Crippen molar-refractivity contribution in [1.29, 1.82) is 0 Å². The third-order valence-corrected chi connectivity index (χ3v) is 3.40. The number of rotatable bonds is 0. The Morgan fingerprint density at radius 2 is 2.21 bits per heavy atom. The zero-order chi connectivity index (χ0) is 9.97. The summed E-state index contributed by atoms with van der Waals surface area (Å²) >= 11 is 3.01. The molecule has 14 heavy (non-hydrogen) atoms. The first-order valence-electron chi connectivity index (χ1n) is 4.10. The van der Waals surface area contributed by atoms with Crippen LogP contribution in [0.1, 0.15) is 10.6 Å². The lowest BCUT2D eigenvalue weighted by molar-refractivity contribution is 1.01. The maximum absolute atomic E-state index is 5.66. The van der Waals surface area contributed by atoms with Crippen molar-refractivity contribution in [3.8, 4) is 0 Å². The number of nitrogens with two attached hydrogens (primary N) is 2. The number of amidine groups is 1. The van der Waals surface area contributed by atoms with Crippen LogP contribution in [-0.2, 0) is 6.54 Å². The molecule has 4 nitrogen and oxygen atoms in total. The van der Waals surface area contributed by atoms with Gasteiger partial charge in [-0.3, -0.25) is 4.99 Å². The standard InChI is InChI=1S/C8H10N4S2/c9-7-11-4-5-6(2-1-3-13-7)14-8(10)12-5/h1-2H,3-4H2,(H2,9,11)(H2,10,12)/b2-1-. The van der Waals surface area contributed by atoms with Gasteiger partial charge in [0, 0.05) is 5.75 Å². The average Bonchev–Trinajstić information content (AvgIpc) is 2.51. The van der Waals surface area contributed by atoms with E-state index in [-0.39, 0.29) is 0 Å². The molecule has 0 saturated carbocycles. The second-order valence-corrected chi connectivity index (χ2v) is 4.83. The van der Waals surface area contributed by atoms with Gasteiger partial charge in [-0.1, -0.05) is 29.2 Å². The SMILES string of the molecule is NC1=NCc2nc(N)sc2/C=C\CS1. The van der Waals surface area contributed by atoms with Crippen LogP contribution in [0.2, 0.25) is 0 Å². The number of nitrogen functional groups attached to an aromatic ring is 1. The Morgan fingerprint density at radius 1 is 1.36 bits per heavy atom. The largest absolute Gasteiger partial charge is 0.379 e. The van der Waals surface area contributed by atoms with Crippen LogP contribution in [0, 0.1) is 0 Å². The molecule has 6 heteroatoms. The Bertz CT molecular complexity index is 394. The Hall–Kier alpha value is -1.01. The van der Waals surface area contributed by atoms with E-state index in [1.807, 2.05) is 6.08 Å². The lowest BCUT2D eigenvalue weighted by atomic mass is 10.3. The van der Waals surface area contributed by atoms with Crippen molar-refractivity contribution >= 4 is 39.5 Å². The predicted molar refractivity (Wildman–Crippen MR) is 63.3 cm³/mol. The Labute approximate surface area is 90.1 Å². The average molecular weight is 226 g/mol. The van der Waals surface area contributed by atoms with Crippen LogP contribution in [-0.4, -0.2) is 15.9 Å². The highest BCUT2D eigenvalue weighted by atomic mass is 32.2. The highest BCUT2D eigenvalue weighted by molar-refractivity contribution is 8.13. The van der Waals surface area contributed by atoms with Crippen molar-refractivity contribution in [2.24, 2.45) is 10.7 Å². The number of aliphatic imine (C=N–C) groups is 1. The van der Waals surface area contributed by atoms with Gasteiger partial charge in [0.1, 0.15) is 0 Å². The van der Waals surface area contributed by atoms with Gasteiger partial charge in [0.15, 0.2) is 10.3 Å². The van der Waals surface area contributed by atoms with Gasteiger partial charge >= 0.3 is 0 Å². The van der Waals surface area contributed by atoms with E-state index in [0.29, 0.717) is 16.8 Å². The number of hydrogen-bond acceptors (Lipinski definition) is 6. The molecule has 1 aromatic heterocycles. The molecule has 2 heterocycles. The van der Waals surface area contributed by atoms with Crippen molar-refractivity contribution in [2.75, 3.05) is 11.5 Å². The van der Waals surface area contributed by atoms with E-state index in [2.05, 4.69) is 16.1 Å². The van der Waals surface area contributed by atoms with E-state index in [1.54, 1.807) is 0 Å². The van der Waals surface area contributed by atoms with E-state index >= 15 is 0 Å². The highest BCUT2D eigenvalue weighted by Crippen LogP contribution is 2.24. The monoisotopic (exact) mass is 226 g/mol. The molecular formula is C8H10N4S2. The second kappa shape index (κ2) is 4.02. The third kappa shape index (κ3) is 2.08. The first-order chi connectivity index (χ1) is 6.75. The highest BCUT2D eigenvalue weighted by Gasteiger charge is 2.07. The quantitative estimate of drug-likeness (QED) is 0.699. The Balaban J connectivity index is 2.36. The molecule has 0 fully saturated rings. The molecule has 0 radical (unpaired) electrons. The smallest absolute Gasteiger partial charge is 0.180 e. The molecule has 1 aromatic rings. The first kappa shape index (κ1) is 9.54. The zero-order valence-electron chi connectivity index (χ0n) is 7.43. The number of anilines is 1. The fourth-order valence-corrected chi connectivity index (χ4v) is 2.41. The topological polar surface area (TPSA) is 77.3 Å². The second-order valence-electron chi connectivity index (χ2n) is 2.73. The summed E-state index contributed by atoms with van der Waals surface area (Å²) in [6, 6.07) is 0. The number of aromatic nitrogens is 1. The van der Waals surface area contributed by atoms with Gasteiger partial charge in [-0.15, -0.1) is 0 Å². The van der Waals surface area contributed by atoms with E-state index in [9.17, 15) is 0 Å². The summed E-state index contributed by atoms with van der Waals surface area (Å²) in [6.07, 6.45) is 4.08. The van der Waals surface area contributed by atoms with Gasteiger partial charge in [-0.05, 0) is 6.08 Å². The number of hydrogen-bond donors (Lipinski definition) is 2. The lowest BCUT2D eigenvalue weighted by Crippen LogP contribution is -2.07. The van der Waals surface area contributed by atoms with Gasteiger partial charge in [0.05, 0.1) is 17.1 Å². The minimum Gasteiger partial charge on any atom is -0.379 e. The molecule has 0 aromatic carbocycles. The van der Waals surface area contributed by atoms with Gasteiger partial charge in [0.25, 0.3) is 0 Å². The number of thiazole rings is 1. The maximum Gasteiger partial charge on any atom is 0.180 e. The van der Waals surface area contributed by atoms with Crippen LogP contribution in [0.5, 0.6) is 0 Å². The number of fused-ring (bicyclic) bond motifs is 1. The minimum atomic E-state index is 0.520. The van der Waals surface area contributed by atoms with E-state index in [0.717, 1.165) is 16.3 Å². The van der Waals surface area contributed by atoms with E-state index in [1.165, 1.54) is 23.1 Å². The van der Waals surface area contributed by atoms with Gasteiger partial charge < -0.3 is 11.5 Å². The summed E-state index contributed by atoms with van der Waals surface area (Å²) in [5, 5.41) is 1.19. The summed E-state index contributed by atoms with van der Waals surface area (Å²) in [5.74, 6) is 0.840. The number of nitrogens with zero attached hydrogens (tertiary/aromatic N) is 2. The van der Waals surface area contributed by atoms with Crippen LogP contribution in [0.25, 0.3) is 6.08 Å². The van der Waals surface area contributed by atoms with Crippen molar-refractivity contribution in [1.82, 2.24) is 4.98 Å². The van der Waals surface area contributed by atoms with Crippen LogP contribution in [0.15, 0.2) is 11.1 Å². The van der Waals surface area contributed by atoms with E-state index < -0.39 is 0 Å². The summed E-state index contributed by atoms with van der Waals surface area (Å²) in [7, 11) is 0. The molecule has 4 N–H and O–H groups in total. The van der Waals surface area contributed by atoms with Crippen LogP contribution in [0.4, 0.5) is 5.13 Å². The molecule has 0 bridgehead atoms. The molecule has 0 atom stereocenters. The van der Waals surface area contributed by atoms with E-state index in [4.69, 9.17) is 11.5 Å². The zero-order valence-corrected chi connectivity index (χ0v) is 9.07. The summed E-state index contributed by atoms with van der Waals surface area (Å²) in [6.45, 7) is 0.520. The van der Waals surface area contributed by atoms with Crippen LogP contribution >= 0.6 is 23.1 Å². The summed E-state index contributed by atoms with van der Waals surface area (Å²) in [4.78, 5) is 9.49. The van der Waals surface area contributed by atoms with Crippen LogP contribution < -0.4 is 11.5 Å². The van der Waals surface area contributed by atoms with Gasteiger partial charge in [-0.25, -0.2) is 4.98 Å². The fraction of sp³-hybridized carbons (Fsp3) is 0.250. The minimum absolute atomic E-state index is 0.520. The van der Waals surface area contributed by atoms with Crippen molar-refractivity contribution in [2.45, 2.75) is 6.54 Å². The molecule has 74 valence electrons. The molecule has 1 aliphatic heterocycles. The molecule has 0 spiro atoms. The van der Waals surface area contributed by atoms with Gasteiger partial charge in [-0.2, -0.15) is 0 Å². The van der Waals surface area contributed by atoms with Crippen LogP contribution in [0.3, 0.4) is 0 Å². The summed E-state index contributed by atoms with van der Waals surface area (Å²) in [5.41, 5.74) is 12.2. The Morgan fingerprint density at radius 3 is 3.07 bits per heavy atom. The first-order valence-corrected chi connectivity index (χ1v) is 5.90. The molecule has 0 amide bonds. The summed E-state index contributed by atoms with van der Waals surface area (Å²) < 4.78 is 0. The molecule has 0 saturated heterocycles. The van der Waals surface area contributed by atoms with Crippen molar-refractivity contribution in [3.05, 3.63) is 16.6 Å². The molecule has 2 rings (SSSR count). The lowest BCUT2D eigenvalue weighted by Gasteiger charge is -1.94. The third-order valence-electron chi connectivity index (χ3n) is 1.73. The predicted octanol–water partition coefficient (Wildman–Crippen LogP) is 1.30. The van der Waals surface area contributed by atoms with Crippen molar-refractivity contribution < 1.29 is 0 Å². The van der Waals surface area contributed by atoms with Gasteiger partial charge in [0.2, 0.25) is 0 Å². The fourth-order valence-electron chi connectivity index (χ4n) is 1.11. The molecular weight excluding hydrogens is 216 g/mol. The van der Waals surface area contributed by atoms with Crippen molar-refractivity contribution in [3.63, 3.8) is 0 Å². The molecule has 0 unspecified atom stereocenters. The molecule has 0 aliphatic carbocycles. The number of thioether (sulfide) groups is 1. The Kier molecular flexibility index (Phi) is 2.74. The normalized spacial score (nSPS) is 18.7. The maximum atomic E-state index is 5.66. The molecule has 1 aliphatic rings.